The van der Waals surface area contributed by atoms with Crippen molar-refractivity contribution in [1.29, 1.82) is 0 Å². The van der Waals surface area contributed by atoms with Gasteiger partial charge in [-0.05, 0) is 57.3 Å². The SMILES string of the molecule is CCNC(=S)/N=C(/Nc1nc(C)cc(C)n1)N1CCN(c2cccc(Cl)c2)CC1. The molecule has 2 heterocycles. The summed E-state index contributed by atoms with van der Waals surface area (Å²) in [5, 5.41) is 7.53. The van der Waals surface area contributed by atoms with Crippen LogP contribution in [0.15, 0.2) is 35.3 Å². The maximum atomic E-state index is 6.14. The lowest BCUT2D eigenvalue weighted by Gasteiger charge is -2.37. The van der Waals surface area contributed by atoms with Crippen molar-refractivity contribution in [2.75, 3.05) is 42.9 Å². The van der Waals surface area contributed by atoms with Gasteiger partial charge in [0, 0.05) is 54.8 Å². The summed E-state index contributed by atoms with van der Waals surface area (Å²) in [5.41, 5.74) is 2.93. The number of thiocarbonyl (C=S) groups is 1. The fourth-order valence-corrected chi connectivity index (χ4v) is 3.61. The number of piperazine rings is 1. The molecular weight excluding hydrogens is 406 g/mol. The molecule has 1 aromatic heterocycles. The summed E-state index contributed by atoms with van der Waals surface area (Å²) < 4.78 is 0. The Morgan fingerprint density at radius 2 is 1.83 bits per heavy atom. The van der Waals surface area contributed by atoms with Crippen molar-refractivity contribution < 1.29 is 0 Å². The molecule has 0 spiro atoms. The second kappa shape index (κ2) is 9.84. The first-order chi connectivity index (χ1) is 13.9. The van der Waals surface area contributed by atoms with Gasteiger partial charge in [-0.25, -0.2) is 9.97 Å². The van der Waals surface area contributed by atoms with E-state index in [1.54, 1.807) is 0 Å². The number of rotatable bonds is 3. The van der Waals surface area contributed by atoms with Gasteiger partial charge in [0.15, 0.2) is 5.11 Å². The fourth-order valence-electron chi connectivity index (χ4n) is 3.20. The molecule has 9 heteroatoms. The van der Waals surface area contributed by atoms with Crippen LogP contribution in [0.4, 0.5) is 11.6 Å². The molecule has 1 fully saturated rings. The third-order valence-corrected chi connectivity index (χ3v) is 4.96. The minimum Gasteiger partial charge on any atom is -0.368 e. The Hall–Kier alpha value is -2.45. The van der Waals surface area contributed by atoms with E-state index in [4.69, 9.17) is 23.8 Å². The fraction of sp³-hybridized carbons (Fsp3) is 0.400. The molecule has 3 rings (SSSR count). The number of benzene rings is 1. The molecule has 2 N–H and O–H groups in total. The monoisotopic (exact) mass is 431 g/mol. The number of guanidine groups is 1. The van der Waals surface area contributed by atoms with Crippen LogP contribution in [0.5, 0.6) is 0 Å². The lowest BCUT2D eigenvalue weighted by molar-refractivity contribution is 0.385. The van der Waals surface area contributed by atoms with Crippen LogP contribution in [0.1, 0.15) is 18.3 Å². The Bertz CT molecular complexity index is 874. The Kier molecular flexibility index (Phi) is 7.22. The minimum atomic E-state index is 0.441. The smallest absolute Gasteiger partial charge is 0.229 e. The van der Waals surface area contributed by atoms with E-state index in [9.17, 15) is 0 Å². The zero-order chi connectivity index (χ0) is 20.8. The highest BCUT2D eigenvalue weighted by molar-refractivity contribution is 7.80. The molecule has 0 aliphatic carbocycles. The zero-order valence-electron chi connectivity index (χ0n) is 16.9. The van der Waals surface area contributed by atoms with E-state index in [0.29, 0.717) is 17.0 Å². The first-order valence-electron chi connectivity index (χ1n) is 9.66. The van der Waals surface area contributed by atoms with Crippen LogP contribution < -0.4 is 15.5 Å². The zero-order valence-corrected chi connectivity index (χ0v) is 18.5. The van der Waals surface area contributed by atoms with Crippen LogP contribution in [0.3, 0.4) is 0 Å². The van der Waals surface area contributed by atoms with Crippen molar-refractivity contribution in [2.24, 2.45) is 4.99 Å². The minimum absolute atomic E-state index is 0.441. The van der Waals surface area contributed by atoms with Gasteiger partial charge >= 0.3 is 0 Å². The van der Waals surface area contributed by atoms with Gasteiger partial charge in [-0.2, -0.15) is 4.99 Å². The first kappa shape index (κ1) is 21.3. The first-order valence-corrected chi connectivity index (χ1v) is 10.4. The number of nitrogens with zero attached hydrogens (tertiary/aromatic N) is 5. The lowest BCUT2D eigenvalue weighted by Crippen LogP contribution is -2.51. The van der Waals surface area contributed by atoms with Crippen LogP contribution in [-0.2, 0) is 0 Å². The standard InChI is InChI=1S/C20H26ClN7S/c1-4-22-20(29)26-19(25-18-23-14(2)12-15(3)24-18)28-10-8-27(9-11-28)17-7-5-6-16(21)13-17/h5-7,12-13H,4,8-11H2,1-3H3,(H2,22,23,24,25,26,29). The molecule has 0 radical (unpaired) electrons. The topological polar surface area (TPSA) is 68.7 Å². The number of aromatic nitrogens is 2. The summed E-state index contributed by atoms with van der Waals surface area (Å²) in [7, 11) is 0. The number of hydrogen-bond acceptors (Lipinski definition) is 4. The maximum absolute atomic E-state index is 6.14. The molecule has 2 aromatic rings. The molecular formula is C20H26ClN7S. The van der Waals surface area contributed by atoms with Crippen molar-refractivity contribution in [1.82, 2.24) is 20.2 Å². The highest BCUT2D eigenvalue weighted by atomic mass is 35.5. The highest BCUT2D eigenvalue weighted by Crippen LogP contribution is 2.21. The largest absolute Gasteiger partial charge is 0.368 e. The summed E-state index contributed by atoms with van der Waals surface area (Å²) in [6.07, 6.45) is 0. The van der Waals surface area contributed by atoms with Crippen LogP contribution in [0.2, 0.25) is 5.02 Å². The molecule has 7 nitrogen and oxygen atoms in total. The quantitative estimate of drug-likeness (QED) is 0.439. The van der Waals surface area contributed by atoms with Gasteiger partial charge in [0.2, 0.25) is 11.9 Å². The summed E-state index contributed by atoms with van der Waals surface area (Å²) in [6, 6.07) is 9.88. The summed E-state index contributed by atoms with van der Waals surface area (Å²) in [5.74, 6) is 1.18. The van der Waals surface area contributed by atoms with Crippen LogP contribution >= 0.6 is 23.8 Å². The van der Waals surface area contributed by atoms with Gasteiger partial charge in [0.1, 0.15) is 0 Å². The molecule has 0 saturated carbocycles. The van der Waals surface area contributed by atoms with Crippen molar-refractivity contribution in [3.05, 3.63) is 46.7 Å². The van der Waals surface area contributed by atoms with Crippen molar-refractivity contribution in [3.8, 4) is 0 Å². The van der Waals surface area contributed by atoms with Gasteiger partial charge in [0.25, 0.3) is 0 Å². The van der Waals surface area contributed by atoms with E-state index in [0.717, 1.165) is 54.8 Å². The molecule has 0 amide bonds. The van der Waals surface area contributed by atoms with Crippen molar-refractivity contribution in [2.45, 2.75) is 20.8 Å². The number of aryl methyl sites for hydroxylation is 2. The van der Waals surface area contributed by atoms with E-state index in [1.165, 1.54) is 0 Å². The molecule has 1 aromatic carbocycles. The van der Waals surface area contributed by atoms with E-state index < -0.39 is 0 Å². The van der Waals surface area contributed by atoms with Gasteiger partial charge in [-0.15, -0.1) is 0 Å². The average Bonchev–Trinajstić information content (AvgIpc) is 2.67. The third kappa shape index (κ3) is 6.01. The van der Waals surface area contributed by atoms with E-state index in [1.807, 2.05) is 45.0 Å². The summed E-state index contributed by atoms with van der Waals surface area (Å²) in [4.78, 5) is 18.0. The maximum Gasteiger partial charge on any atom is 0.229 e. The number of halogens is 1. The molecule has 1 saturated heterocycles. The Morgan fingerprint density at radius 3 is 2.45 bits per heavy atom. The molecule has 0 unspecified atom stereocenters. The number of anilines is 2. The Morgan fingerprint density at radius 1 is 1.14 bits per heavy atom. The van der Waals surface area contributed by atoms with Crippen LogP contribution in [0, 0.1) is 13.8 Å². The Balaban J connectivity index is 1.75. The van der Waals surface area contributed by atoms with E-state index in [-0.39, 0.29) is 0 Å². The average molecular weight is 432 g/mol. The normalized spacial score (nSPS) is 14.7. The lowest BCUT2D eigenvalue weighted by atomic mass is 10.2. The molecule has 154 valence electrons. The molecule has 1 aliphatic heterocycles. The van der Waals surface area contributed by atoms with Gasteiger partial charge < -0.3 is 15.1 Å². The van der Waals surface area contributed by atoms with E-state index in [2.05, 4.69) is 41.5 Å². The summed E-state index contributed by atoms with van der Waals surface area (Å²) >= 11 is 11.5. The Labute approximate surface area is 182 Å². The second-order valence-electron chi connectivity index (χ2n) is 6.82. The second-order valence-corrected chi connectivity index (χ2v) is 7.65. The number of aliphatic imine (C=N–C) groups is 1. The van der Waals surface area contributed by atoms with Crippen LogP contribution in [-0.4, -0.2) is 58.7 Å². The molecule has 0 atom stereocenters. The predicted molar refractivity (Wildman–Crippen MR) is 124 cm³/mol. The number of nitrogens with one attached hydrogen (secondary N) is 2. The molecule has 29 heavy (non-hydrogen) atoms. The molecule has 0 bridgehead atoms. The predicted octanol–water partition coefficient (Wildman–Crippen LogP) is 3.23. The van der Waals surface area contributed by atoms with Crippen molar-refractivity contribution >= 4 is 46.5 Å². The van der Waals surface area contributed by atoms with Crippen LogP contribution in [0.25, 0.3) is 0 Å². The van der Waals surface area contributed by atoms with Gasteiger partial charge in [0.05, 0.1) is 0 Å². The third-order valence-electron chi connectivity index (χ3n) is 4.49. The van der Waals surface area contributed by atoms with Gasteiger partial charge in [-0.1, -0.05) is 17.7 Å². The van der Waals surface area contributed by atoms with Crippen molar-refractivity contribution in [3.63, 3.8) is 0 Å². The number of hydrogen-bond donors (Lipinski definition) is 2. The summed E-state index contributed by atoms with van der Waals surface area (Å²) in [6.45, 7) is 9.89. The molecule has 1 aliphatic rings. The van der Waals surface area contributed by atoms with Gasteiger partial charge in [-0.3, -0.25) is 5.32 Å². The van der Waals surface area contributed by atoms with E-state index >= 15 is 0 Å². The highest BCUT2D eigenvalue weighted by Gasteiger charge is 2.21.